The molecule has 0 radical (unpaired) electrons. The van der Waals surface area contributed by atoms with Gasteiger partial charge in [-0.05, 0) is 31.0 Å². The van der Waals surface area contributed by atoms with Gasteiger partial charge in [-0.25, -0.2) is 0 Å². The zero-order valence-electron chi connectivity index (χ0n) is 10.9. The third-order valence-electron chi connectivity index (χ3n) is 3.25. The lowest BCUT2D eigenvalue weighted by atomic mass is 10.0. The van der Waals surface area contributed by atoms with Crippen LogP contribution in [0, 0.1) is 6.92 Å². The Morgan fingerprint density at radius 3 is 2.44 bits per heavy atom. The minimum atomic E-state index is 0.269. The van der Waals surface area contributed by atoms with Crippen LogP contribution in [0.2, 0.25) is 0 Å². The van der Waals surface area contributed by atoms with E-state index in [1.54, 1.807) is 6.07 Å². The summed E-state index contributed by atoms with van der Waals surface area (Å²) in [5, 5.41) is 13.1. The molecule has 0 bridgehead atoms. The molecular formula is C16H19NO. The second kappa shape index (κ2) is 5.69. The lowest BCUT2D eigenvalue weighted by molar-refractivity contribution is 0.460. The molecule has 0 aliphatic carbocycles. The van der Waals surface area contributed by atoms with Gasteiger partial charge in [0.2, 0.25) is 0 Å². The molecule has 2 N–H and O–H groups in total. The summed E-state index contributed by atoms with van der Waals surface area (Å²) in [6.45, 7) is 4.93. The fourth-order valence-corrected chi connectivity index (χ4v) is 2.11. The highest BCUT2D eigenvalue weighted by Gasteiger charge is 2.08. The highest BCUT2D eigenvalue weighted by molar-refractivity contribution is 5.32. The molecule has 0 aromatic heterocycles. The third-order valence-corrected chi connectivity index (χ3v) is 3.25. The van der Waals surface area contributed by atoms with Crippen molar-refractivity contribution in [3.05, 3.63) is 65.2 Å². The fourth-order valence-electron chi connectivity index (χ4n) is 2.11. The van der Waals surface area contributed by atoms with E-state index < -0.39 is 0 Å². The van der Waals surface area contributed by atoms with Crippen LogP contribution >= 0.6 is 0 Å². The first-order valence-corrected chi connectivity index (χ1v) is 6.24. The van der Waals surface area contributed by atoms with Gasteiger partial charge in [-0.3, -0.25) is 0 Å². The SMILES string of the molecule is Cc1ccccc1C(C)NCc1ccccc1O. The van der Waals surface area contributed by atoms with Gasteiger partial charge in [0.1, 0.15) is 5.75 Å². The van der Waals surface area contributed by atoms with Crippen molar-refractivity contribution in [1.82, 2.24) is 5.32 Å². The van der Waals surface area contributed by atoms with Gasteiger partial charge in [-0.15, -0.1) is 0 Å². The van der Waals surface area contributed by atoms with Gasteiger partial charge in [-0.2, -0.15) is 0 Å². The molecule has 2 rings (SSSR count). The summed E-state index contributed by atoms with van der Waals surface area (Å²) in [6.07, 6.45) is 0. The average molecular weight is 241 g/mol. The second-order valence-electron chi connectivity index (χ2n) is 4.59. The number of rotatable bonds is 4. The lowest BCUT2D eigenvalue weighted by Gasteiger charge is -2.17. The van der Waals surface area contributed by atoms with Crippen LogP contribution in [0.25, 0.3) is 0 Å². The Hall–Kier alpha value is -1.80. The van der Waals surface area contributed by atoms with Gasteiger partial charge in [0.05, 0.1) is 0 Å². The monoisotopic (exact) mass is 241 g/mol. The number of nitrogens with one attached hydrogen (secondary N) is 1. The lowest BCUT2D eigenvalue weighted by Crippen LogP contribution is -2.18. The molecule has 0 aliphatic rings. The molecule has 18 heavy (non-hydrogen) atoms. The highest BCUT2D eigenvalue weighted by Crippen LogP contribution is 2.19. The van der Waals surface area contributed by atoms with Gasteiger partial charge in [-0.1, -0.05) is 42.5 Å². The quantitative estimate of drug-likeness (QED) is 0.858. The van der Waals surface area contributed by atoms with Gasteiger partial charge in [0, 0.05) is 18.2 Å². The van der Waals surface area contributed by atoms with Crippen molar-refractivity contribution in [2.45, 2.75) is 26.4 Å². The molecule has 2 heteroatoms. The van der Waals surface area contributed by atoms with Crippen molar-refractivity contribution in [3.8, 4) is 5.75 Å². The Labute approximate surface area is 108 Å². The Morgan fingerprint density at radius 1 is 1.06 bits per heavy atom. The number of para-hydroxylation sites is 1. The third kappa shape index (κ3) is 2.90. The number of aromatic hydroxyl groups is 1. The maximum Gasteiger partial charge on any atom is 0.120 e. The number of benzene rings is 2. The molecule has 1 unspecified atom stereocenters. The van der Waals surface area contributed by atoms with E-state index in [-0.39, 0.29) is 6.04 Å². The van der Waals surface area contributed by atoms with Crippen molar-refractivity contribution < 1.29 is 5.11 Å². The molecule has 0 spiro atoms. The van der Waals surface area contributed by atoms with Crippen molar-refractivity contribution in [2.24, 2.45) is 0 Å². The minimum absolute atomic E-state index is 0.269. The molecule has 0 aliphatic heterocycles. The van der Waals surface area contributed by atoms with Crippen LogP contribution in [0.5, 0.6) is 5.75 Å². The number of hydrogen-bond donors (Lipinski definition) is 2. The maximum atomic E-state index is 9.71. The number of phenols is 1. The first kappa shape index (κ1) is 12.7. The van der Waals surface area contributed by atoms with Crippen LogP contribution in [0.4, 0.5) is 0 Å². The van der Waals surface area contributed by atoms with Crippen LogP contribution < -0.4 is 5.32 Å². The van der Waals surface area contributed by atoms with E-state index in [1.165, 1.54) is 11.1 Å². The maximum absolute atomic E-state index is 9.71. The van der Waals surface area contributed by atoms with E-state index in [9.17, 15) is 5.11 Å². The summed E-state index contributed by atoms with van der Waals surface area (Å²) in [7, 11) is 0. The zero-order valence-corrected chi connectivity index (χ0v) is 10.9. The Bertz CT molecular complexity index is 522. The topological polar surface area (TPSA) is 32.3 Å². The van der Waals surface area contributed by atoms with E-state index in [1.807, 2.05) is 18.2 Å². The van der Waals surface area contributed by atoms with Crippen molar-refractivity contribution in [3.63, 3.8) is 0 Å². The number of hydrogen-bond acceptors (Lipinski definition) is 2. The van der Waals surface area contributed by atoms with Gasteiger partial charge in [0.25, 0.3) is 0 Å². The van der Waals surface area contributed by atoms with Crippen LogP contribution in [-0.4, -0.2) is 5.11 Å². The molecule has 1 atom stereocenters. The zero-order chi connectivity index (χ0) is 13.0. The summed E-state index contributed by atoms with van der Waals surface area (Å²) in [6, 6.07) is 16.1. The second-order valence-corrected chi connectivity index (χ2v) is 4.59. The normalized spacial score (nSPS) is 12.3. The molecule has 2 aromatic rings. The molecule has 94 valence electrons. The predicted molar refractivity (Wildman–Crippen MR) is 74.5 cm³/mol. The Balaban J connectivity index is 2.03. The summed E-state index contributed by atoms with van der Waals surface area (Å²) < 4.78 is 0. The van der Waals surface area contributed by atoms with E-state index in [2.05, 4.69) is 43.4 Å². The van der Waals surface area contributed by atoms with Gasteiger partial charge in [0.15, 0.2) is 0 Å². The van der Waals surface area contributed by atoms with Crippen LogP contribution in [-0.2, 0) is 6.54 Å². The summed E-state index contributed by atoms with van der Waals surface area (Å²) in [5.41, 5.74) is 3.51. The first-order chi connectivity index (χ1) is 8.68. The van der Waals surface area contributed by atoms with Crippen LogP contribution in [0.15, 0.2) is 48.5 Å². The molecule has 0 amide bonds. The summed E-state index contributed by atoms with van der Waals surface area (Å²) in [5.74, 6) is 0.349. The van der Waals surface area contributed by atoms with Crippen molar-refractivity contribution in [1.29, 1.82) is 0 Å². The fraction of sp³-hybridized carbons (Fsp3) is 0.250. The van der Waals surface area contributed by atoms with E-state index in [4.69, 9.17) is 0 Å². The van der Waals surface area contributed by atoms with Crippen LogP contribution in [0.1, 0.15) is 29.7 Å². The Morgan fingerprint density at radius 2 is 1.72 bits per heavy atom. The molecule has 2 aromatic carbocycles. The molecule has 0 heterocycles. The molecular weight excluding hydrogens is 222 g/mol. The average Bonchev–Trinajstić information content (AvgIpc) is 2.38. The largest absolute Gasteiger partial charge is 0.508 e. The summed E-state index contributed by atoms with van der Waals surface area (Å²) >= 11 is 0. The first-order valence-electron chi connectivity index (χ1n) is 6.24. The minimum Gasteiger partial charge on any atom is -0.508 e. The molecule has 0 fully saturated rings. The number of phenolic OH excluding ortho intramolecular Hbond substituents is 1. The van der Waals surface area contributed by atoms with Gasteiger partial charge >= 0.3 is 0 Å². The Kier molecular flexibility index (Phi) is 4.00. The predicted octanol–water partition coefficient (Wildman–Crippen LogP) is 3.55. The molecule has 2 nitrogen and oxygen atoms in total. The standard InChI is InChI=1S/C16H19NO/c1-12-7-3-5-9-15(12)13(2)17-11-14-8-4-6-10-16(14)18/h3-10,13,17-18H,11H2,1-2H3. The number of aryl methyl sites for hydroxylation is 1. The molecule has 0 saturated heterocycles. The summed E-state index contributed by atoms with van der Waals surface area (Å²) in [4.78, 5) is 0. The van der Waals surface area contributed by atoms with Gasteiger partial charge < -0.3 is 10.4 Å². The smallest absolute Gasteiger partial charge is 0.120 e. The highest BCUT2D eigenvalue weighted by atomic mass is 16.3. The van der Waals surface area contributed by atoms with E-state index in [0.29, 0.717) is 12.3 Å². The van der Waals surface area contributed by atoms with E-state index in [0.717, 1.165) is 5.56 Å². The molecule has 0 saturated carbocycles. The van der Waals surface area contributed by atoms with Crippen molar-refractivity contribution in [2.75, 3.05) is 0 Å². The van der Waals surface area contributed by atoms with Crippen molar-refractivity contribution >= 4 is 0 Å². The van der Waals surface area contributed by atoms with Crippen LogP contribution in [0.3, 0.4) is 0 Å². The van der Waals surface area contributed by atoms with E-state index >= 15 is 0 Å².